The molecule has 1 N–H and O–H groups in total. The predicted octanol–water partition coefficient (Wildman–Crippen LogP) is 3.54. The predicted molar refractivity (Wildman–Crippen MR) is 67.2 cm³/mol. The normalized spacial score (nSPS) is 11.1. The van der Waals surface area contributed by atoms with Crippen LogP contribution < -0.4 is 0 Å². The van der Waals surface area contributed by atoms with E-state index in [1.54, 1.807) is 6.07 Å². The Morgan fingerprint density at radius 1 is 1.18 bits per heavy atom. The number of para-hydroxylation sites is 1. The number of aromatic amines is 1. The van der Waals surface area contributed by atoms with Gasteiger partial charge in [-0.3, -0.25) is 10.1 Å². The van der Waals surface area contributed by atoms with Gasteiger partial charge in [-0.1, -0.05) is 24.3 Å². The first kappa shape index (κ1) is 9.84. The van der Waals surface area contributed by atoms with Crippen LogP contribution in [0.25, 0.3) is 21.8 Å². The van der Waals surface area contributed by atoms with Gasteiger partial charge in [-0.25, -0.2) is 0 Å². The van der Waals surface area contributed by atoms with Crippen molar-refractivity contribution in [2.75, 3.05) is 0 Å². The number of nitro groups is 1. The second kappa shape index (κ2) is 3.31. The zero-order valence-corrected chi connectivity index (χ0v) is 9.23. The van der Waals surface area contributed by atoms with Gasteiger partial charge in [-0.2, -0.15) is 0 Å². The Morgan fingerprint density at radius 2 is 1.94 bits per heavy atom. The molecule has 1 aromatic heterocycles. The third-order valence-electron chi connectivity index (χ3n) is 3.04. The number of aromatic nitrogens is 1. The maximum absolute atomic E-state index is 11.0. The molecule has 0 spiro atoms. The second-order valence-electron chi connectivity index (χ2n) is 4.08. The van der Waals surface area contributed by atoms with Crippen LogP contribution in [0.1, 0.15) is 5.56 Å². The minimum absolute atomic E-state index is 0.152. The molecule has 0 saturated heterocycles. The highest BCUT2D eigenvalue weighted by atomic mass is 16.6. The molecule has 84 valence electrons. The lowest BCUT2D eigenvalue weighted by molar-refractivity contribution is -0.383. The number of aryl methyl sites for hydroxylation is 1. The van der Waals surface area contributed by atoms with Gasteiger partial charge in [0, 0.05) is 17.0 Å². The minimum Gasteiger partial charge on any atom is -0.354 e. The zero-order valence-electron chi connectivity index (χ0n) is 9.23. The van der Waals surface area contributed by atoms with E-state index in [1.807, 2.05) is 31.2 Å². The van der Waals surface area contributed by atoms with Gasteiger partial charge in [-0.05, 0) is 18.6 Å². The molecular weight excluding hydrogens is 216 g/mol. The van der Waals surface area contributed by atoms with Gasteiger partial charge in [0.2, 0.25) is 0 Å². The van der Waals surface area contributed by atoms with E-state index in [0.717, 1.165) is 22.0 Å². The SMILES string of the molecule is Cc1cccc2c1[nH]c1cccc([N+](=O)[O-])c12. The summed E-state index contributed by atoms with van der Waals surface area (Å²) in [5.41, 5.74) is 3.02. The highest BCUT2D eigenvalue weighted by Crippen LogP contribution is 2.33. The van der Waals surface area contributed by atoms with Gasteiger partial charge < -0.3 is 4.98 Å². The van der Waals surface area contributed by atoms with Crippen molar-refractivity contribution in [1.29, 1.82) is 0 Å². The van der Waals surface area contributed by atoms with E-state index in [1.165, 1.54) is 6.07 Å². The summed E-state index contributed by atoms with van der Waals surface area (Å²) in [4.78, 5) is 13.9. The van der Waals surface area contributed by atoms with E-state index in [2.05, 4.69) is 4.98 Å². The first-order valence-corrected chi connectivity index (χ1v) is 5.33. The summed E-state index contributed by atoms with van der Waals surface area (Å²) >= 11 is 0. The largest absolute Gasteiger partial charge is 0.354 e. The van der Waals surface area contributed by atoms with E-state index < -0.39 is 0 Å². The summed E-state index contributed by atoms with van der Waals surface area (Å²) in [6, 6.07) is 10.9. The quantitative estimate of drug-likeness (QED) is 0.509. The number of nitrogens with one attached hydrogen (secondary N) is 1. The van der Waals surface area contributed by atoms with Crippen LogP contribution >= 0.6 is 0 Å². The second-order valence-corrected chi connectivity index (χ2v) is 4.08. The Bertz CT molecular complexity index is 744. The number of non-ortho nitro benzene ring substituents is 1. The van der Waals surface area contributed by atoms with Crippen molar-refractivity contribution < 1.29 is 4.92 Å². The van der Waals surface area contributed by atoms with Crippen LogP contribution in [0.15, 0.2) is 36.4 Å². The summed E-state index contributed by atoms with van der Waals surface area (Å²) in [6.45, 7) is 1.99. The number of hydrogen-bond acceptors (Lipinski definition) is 2. The fourth-order valence-corrected chi connectivity index (χ4v) is 2.26. The van der Waals surface area contributed by atoms with Gasteiger partial charge in [0.25, 0.3) is 5.69 Å². The van der Waals surface area contributed by atoms with Crippen LogP contribution in [0.3, 0.4) is 0 Å². The molecule has 0 aliphatic rings. The molecule has 0 fully saturated rings. The van der Waals surface area contributed by atoms with Crippen LogP contribution in [0, 0.1) is 17.0 Å². The minimum atomic E-state index is -0.335. The molecular formula is C13H10N2O2. The lowest BCUT2D eigenvalue weighted by Gasteiger charge is -1.95. The van der Waals surface area contributed by atoms with Crippen LogP contribution in [0.5, 0.6) is 0 Å². The number of H-pyrrole nitrogens is 1. The Balaban J connectivity index is 2.59. The van der Waals surface area contributed by atoms with E-state index in [0.29, 0.717) is 5.39 Å². The molecule has 4 heteroatoms. The van der Waals surface area contributed by atoms with E-state index in [-0.39, 0.29) is 10.6 Å². The van der Waals surface area contributed by atoms with Crippen LogP contribution in [-0.4, -0.2) is 9.91 Å². The molecule has 17 heavy (non-hydrogen) atoms. The number of hydrogen-bond donors (Lipinski definition) is 1. The van der Waals surface area contributed by atoms with Crippen molar-refractivity contribution in [3.05, 3.63) is 52.1 Å². The maximum atomic E-state index is 11.0. The molecule has 0 unspecified atom stereocenters. The van der Waals surface area contributed by atoms with Crippen molar-refractivity contribution in [2.24, 2.45) is 0 Å². The lowest BCUT2D eigenvalue weighted by Crippen LogP contribution is -1.87. The molecule has 0 aliphatic heterocycles. The highest BCUT2D eigenvalue weighted by molar-refractivity contribution is 6.12. The topological polar surface area (TPSA) is 58.9 Å². The van der Waals surface area contributed by atoms with Gasteiger partial charge in [0.15, 0.2) is 0 Å². The average molecular weight is 226 g/mol. The monoisotopic (exact) mass is 226 g/mol. The molecule has 0 bridgehead atoms. The molecule has 0 atom stereocenters. The number of nitrogens with zero attached hydrogens (tertiary/aromatic N) is 1. The van der Waals surface area contributed by atoms with Crippen LogP contribution in [-0.2, 0) is 0 Å². The van der Waals surface area contributed by atoms with E-state index in [4.69, 9.17) is 0 Å². The Morgan fingerprint density at radius 3 is 2.71 bits per heavy atom. The molecule has 3 rings (SSSR count). The Kier molecular flexibility index (Phi) is 1.92. The summed E-state index contributed by atoms with van der Waals surface area (Å²) in [6.07, 6.45) is 0. The van der Waals surface area contributed by atoms with Crippen molar-refractivity contribution in [2.45, 2.75) is 6.92 Å². The van der Waals surface area contributed by atoms with Gasteiger partial charge >= 0.3 is 0 Å². The first-order valence-electron chi connectivity index (χ1n) is 5.33. The zero-order chi connectivity index (χ0) is 12.0. The summed E-state index contributed by atoms with van der Waals surface area (Å²) in [5.74, 6) is 0. The standard InChI is InChI=1S/C13H10N2O2/c1-8-4-2-5-9-12-10(14-13(8)9)6-3-7-11(12)15(16)17/h2-7,14H,1H3. The molecule has 0 saturated carbocycles. The fourth-order valence-electron chi connectivity index (χ4n) is 2.26. The molecule has 2 aromatic carbocycles. The highest BCUT2D eigenvalue weighted by Gasteiger charge is 2.16. The molecule has 4 nitrogen and oxygen atoms in total. The van der Waals surface area contributed by atoms with Gasteiger partial charge in [0.05, 0.1) is 15.8 Å². The third kappa shape index (κ3) is 1.30. The van der Waals surface area contributed by atoms with Gasteiger partial charge in [-0.15, -0.1) is 0 Å². The summed E-state index contributed by atoms with van der Waals surface area (Å²) in [7, 11) is 0. The van der Waals surface area contributed by atoms with Crippen molar-refractivity contribution >= 4 is 27.5 Å². The average Bonchev–Trinajstić information content (AvgIpc) is 2.69. The number of nitro benzene ring substituents is 1. The molecule has 0 amide bonds. The first-order chi connectivity index (χ1) is 8.18. The Labute approximate surface area is 97.0 Å². The fraction of sp³-hybridized carbons (Fsp3) is 0.0769. The number of rotatable bonds is 1. The number of benzene rings is 2. The van der Waals surface area contributed by atoms with E-state index >= 15 is 0 Å². The van der Waals surface area contributed by atoms with Crippen LogP contribution in [0.2, 0.25) is 0 Å². The smallest absolute Gasteiger partial charge is 0.279 e. The summed E-state index contributed by atoms with van der Waals surface area (Å²) in [5, 5.41) is 12.6. The summed E-state index contributed by atoms with van der Waals surface area (Å²) < 4.78 is 0. The van der Waals surface area contributed by atoms with Crippen LogP contribution in [0.4, 0.5) is 5.69 Å². The van der Waals surface area contributed by atoms with Crippen molar-refractivity contribution in [3.63, 3.8) is 0 Å². The number of fused-ring (bicyclic) bond motifs is 3. The maximum Gasteiger partial charge on any atom is 0.279 e. The lowest BCUT2D eigenvalue weighted by atomic mass is 10.1. The Hall–Kier alpha value is -2.36. The van der Waals surface area contributed by atoms with Crippen molar-refractivity contribution in [3.8, 4) is 0 Å². The molecule has 0 aliphatic carbocycles. The van der Waals surface area contributed by atoms with E-state index in [9.17, 15) is 10.1 Å². The molecule has 1 heterocycles. The molecule has 3 aromatic rings. The van der Waals surface area contributed by atoms with Gasteiger partial charge in [0.1, 0.15) is 0 Å². The van der Waals surface area contributed by atoms with Crippen molar-refractivity contribution in [1.82, 2.24) is 4.98 Å². The molecule has 0 radical (unpaired) electrons. The third-order valence-corrected chi connectivity index (χ3v) is 3.04.